The van der Waals surface area contributed by atoms with E-state index in [1.807, 2.05) is 0 Å². The highest BCUT2D eigenvalue weighted by atomic mass is 32.2. The molecule has 2 aliphatic heterocycles. The third-order valence-corrected chi connectivity index (χ3v) is 9.12. The number of aliphatic hydroxyl groups is 1. The summed E-state index contributed by atoms with van der Waals surface area (Å²) in [6, 6.07) is 8.91. The SMILES string of the molecule is CS(=O)(=NC(F)(F)F)c1ccc(C2=CC=C(c3nc4cc(O[C@@H]5CO[C@@H]6[C@H](O)CO[C@@]65N)[nH]c4cc3F)CC2)cc1. The lowest BCUT2D eigenvalue weighted by Crippen LogP contribution is -2.57. The summed E-state index contributed by atoms with van der Waals surface area (Å²) in [4.78, 5) is 7.47. The van der Waals surface area contributed by atoms with Crippen molar-refractivity contribution in [2.45, 2.75) is 48.1 Å². The molecular formula is C27H26F4N4O5S. The molecule has 41 heavy (non-hydrogen) atoms. The number of aromatic amines is 1. The number of ether oxygens (including phenoxy) is 3. The molecule has 4 N–H and O–H groups in total. The number of nitrogens with one attached hydrogen (secondary N) is 1. The lowest BCUT2D eigenvalue weighted by molar-refractivity contribution is -0.117. The molecule has 2 fully saturated rings. The number of rotatable bonds is 5. The minimum Gasteiger partial charge on any atom is -0.468 e. The molecule has 14 heteroatoms. The number of alkyl halides is 3. The molecule has 4 heterocycles. The molecule has 9 nitrogen and oxygen atoms in total. The molecule has 1 aromatic carbocycles. The fraction of sp³-hybridized carbons (Fsp3) is 0.370. The first-order chi connectivity index (χ1) is 19.3. The molecule has 0 radical (unpaired) electrons. The van der Waals surface area contributed by atoms with Crippen LogP contribution in [0.25, 0.3) is 22.2 Å². The number of H-pyrrole nitrogens is 1. The number of nitrogens with zero attached hydrogens (tertiary/aromatic N) is 2. The maximum atomic E-state index is 15.1. The van der Waals surface area contributed by atoms with Crippen molar-refractivity contribution >= 4 is 31.9 Å². The van der Waals surface area contributed by atoms with Crippen LogP contribution in [0.4, 0.5) is 17.6 Å². The number of aromatic nitrogens is 2. The lowest BCUT2D eigenvalue weighted by Gasteiger charge is -2.27. The zero-order valence-corrected chi connectivity index (χ0v) is 22.5. The number of pyridine rings is 1. The molecular weight excluding hydrogens is 568 g/mol. The predicted octanol–water partition coefficient (Wildman–Crippen LogP) is 4.13. The summed E-state index contributed by atoms with van der Waals surface area (Å²) in [6.07, 6.45) is -1.61. The molecule has 0 bridgehead atoms. The van der Waals surface area contributed by atoms with Crippen molar-refractivity contribution in [1.82, 2.24) is 9.97 Å². The number of benzene rings is 1. The van der Waals surface area contributed by atoms with Gasteiger partial charge in [0.15, 0.2) is 23.5 Å². The minimum absolute atomic E-state index is 0.0177. The molecule has 0 spiro atoms. The first-order valence-electron chi connectivity index (χ1n) is 12.7. The second-order valence-corrected chi connectivity index (χ2v) is 12.5. The van der Waals surface area contributed by atoms with Crippen molar-refractivity contribution in [1.29, 1.82) is 0 Å². The third-order valence-electron chi connectivity index (χ3n) is 7.42. The van der Waals surface area contributed by atoms with Gasteiger partial charge in [-0.15, -0.1) is 17.5 Å². The van der Waals surface area contributed by atoms with Gasteiger partial charge in [0, 0.05) is 23.3 Å². The molecule has 0 saturated carbocycles. The zero-order valence-electron chi connectivity index (χ0n) is 21.7. The summed E-state index contributed by atoms with van der Waals surface area (Å²) in [5.41, 5.74) is 8.40. The lowest BCUT2D eigenvalue weighted by atomic mass is 9.91. The number of aliphatic hydroxyl groups excluding tert-OH is 1. The smallest absolute Gasteiger partial charge is 0.468 e. The fourth-order valence-electron chi connectivity index (χ4n) is 5.36. The Bertz CT molecular complexity index is 1690. The quantitative estimate of drug-likeness (QED) is 0.299. The molecule has 218 valence electrons. The van der Waals surface area contributed by atoms with Gasteiger partial charge in [-0.2, -0.15) is 0 Å². The normalized spacial score (nSPS) is 27.7. The van der Waals surface area contributed by atoms with Crippen molar-refractivity contribution in [3.05, 3.63) is 65.6 Å². The predicted molar refractivity (Wildman–Crippen MR) is 142 cm³/mol. The van der Waals surface area contributed by atoms with Crippen molar-refractivity contribution in [2.75, 3.05) is 19.5 Å². The number of fused-ring (bicyclic) bond motifs is 2. The van der Waals surface area contributed by atoms with Crippen LogP contribution in [0.5, 0.6) is 5.88 Å². The van der Waals surface area contributed by atoms with E-state index in [1.165, 1.54) is 18.2 Å². The molecule has 5 atom stereocenters. The molecule has 2 saturated heterocycles. The van der Waals surface area contributed by atoms with Crippen LogP contribution in [0.3, 0.4) is 0 Å². The Kier molecular flexibility index (Phi) is 6.73. The number of allylic oxidation sites excluding steroid dienone is 4. The van der Waals surface area contributed by atoms with E-state index in [0.717, 1.165) is 17.4 Å². The number of hydrogen-bond donors (Lipinski definition) is 3. The van der Waals surface area contributed by atoms with E-state index in [-0.39, 0.29) is 23.8 Å². The fourth-order valence-corrected chi connectivity index (χ4v) is 6.50. The van der Waals surface area contributed by atoms with E-state index in [2.05, 4.69) is 14.3 Å². The second kappa shape index (κ2) is 9.91. The van der Waals surface area contributed by atoms with Gasteiger partial charge >= 0.3 is 6.30 Å². The Morgan fingerprint density at radius 2 is 1.88 bits per heavy atom. The highest BCUT2D eigenvalue weighted by molar-refractivity contribution is 7.93. The van der Waals surface area contributed by atoms with Crippen LogP contribution in [0.2, 0.25) is 0 Å². The summed E-state index contributed by atoms with van der Waals surface area (Å²) in [5, 5.41) is 10.0. The molecule has 1 aliphatic carbocycles. The van der Waals surface area contributed by atoms with Gasteiger partial charge in [-0.3, -0.25) is 5.73 Å². The summed E-state index contributed by atoms with van der Waals surface area (Å²) >= 11 is 0. The topological polar surface area (TPSA) is 132 Å². The van der Waals surface area contributed by atoms with Crippen LogP contribution in [-0.2, 0) is 19.2 Å². The van der Waals surface area contributed by atoms with Crippen molar-refractivity contribution in [3.8, 4) is 5.88 Å². The van der Waals surface area contributed by atoms with Crippen LogP contribution in [0.1, 0.15) is 24.1 Å². The Labute approximate surface area is 232 Å². The molecule has 6 rings (SSSR count). The maximum Gasteiger partial charge on any atom is 0.511 e. The minimum atomic E-state index is -4.89. The average Bonchev–Trinajstić information content (AvgIpc) is 3.54. The summed E-state index contributed by atoms with van der Waals surface area (Å²) in [7, 11) is -3.62. The van der Waals surface area contributed by atoms with Gasteiger partial charge in [0.1, 0.15) is 17.9 Å². The second-order valence-electron chi connectivity index (χ2n) is 10.2. The monoisotopic (exact) mass is 594 g/mol. The van der Waals surface area contributed by atoms with Gasteiger partial charge in [-0.1, -0.05) is 24.3 Å². The molecule has 0 amide bonds. The number of halogens is 4. The Balaban J connectivity index is 1.21. The Morgan fingerprint density at radius 1 is 1.17 bits per heavy atom. The van der Waals surface area contributed by atoms with E-state index in [1.54, 1.807) is 30.4 Å². The number of nitrogens with two attached hydrogens (primary N) is 1. The van der Waals surface area contributed by atoms with Crippen molar-refractivity contribution < 1.29 is 41.1 Å². The van der Waals surface area contributed by atoms with Crippen LogP contribution in [0, 0.1) is 5.82 Å². The summed E-state index contributed by atoms with van der Waals surface area (Å²) < 4.78 is 84.9. The van der Waals surface area contributed by atoms with Gasteiger partial charge in [0.25, 0.3) is 0 Å². The largest absolute Gasteiger partial charge is 0.511 e. The van der Waals surface area contributed by atoms with Crippen LogP contribution in [-0.4, -0.2) is 69.1 Å². The molecule has 1 unspecified atom stereocenters. The van der Waals surface area contributed by atoms with E-state index in [4.69, 9.17) is 19.9 Å². The van der Waals surface area contributed by atoms with Crippen LogP contribution < -0.4 is 10.5 Å². The van der Waals surface area contributed by atoms with Gasteiger partial charge < -0.3 is 24.3 Å². The first-order valence-corrected chi connectivity index (χ1v) is 14.6. The maximum absolute atomic E-state index is 15.1. The van der Waals surface area contributed by atoms with E-state index in [9.17, 15) is 22.5 Å². The highest BCUT2D eigenvalue weighted by Crippen LogP contribution is 2.37. The van der Waals surface area contributed by atoms with Crippen LogP contribution >= 0.6 is 0 Å². The highest BCUT2D eigenvalue weighted by Gasteiger charge is 2.59. The van der Waals surface area contributed by atoms with E-state index < -0.39 is 45.9 Å². The van der Waals surface area contributed by atoms with Crippen LogP contribution in [0.15, 0.2) is 57.8 Å². The Morgan fingerprint density at radius 3 is 2.56 bits per heavy atom. The summed E-state index contributed by atoms with van der Waals surface area (Å²) in [6.45, 7) is 0.157. The van der Waals surface area contributed by atoms with Gasteiger partial charge in [-0.25, -0.2) is 13.6 Å². The van der Waals surface area contributed by atoms with Gasteiger partial charge in [-0.05, 0) is 41.7 Å². The van der Waals surface area contributed by atoms with E-state index >= 15 is 4.39 Å². The molecule has 3 aliphatic rings. The van der Waals surface area contributed by atoms with Crippen molar-refractivity contribution in [2.24, 2.45) is 10.1 Å². The van der Waals surface area contributed by atoms with Crippen molar-refractivity contribution in [3.63, 3.8) is 0 Å². The Hall–Kier alpha value is -3.30. The summed E-state index contributed by atoms with van der Waals surface area (Å²) in [5.74, 6) is -0.221. The third kappa shape index (κ3) is 5.26. The first kappa shape index (κ1) is 27.8. The number of hydrogen-bond acceptors (Lipinski definition) is 8. The zero-order chi connectivity index (χ0) is 29.2. The average molecular weight is 595 g/mol. The van der Waals surface area contributed by atoms with Gasteiger partial charge in [0.05, 0.1) is 34.0 Å². The standard InChI is InChI=1S/C27H26F4N4O5S/c1-41(37,35-27(29,30)31)17-8-6-15(7-9-17)14-2-4-16(5-3-14)24-18(28)10-19-20(34-24)11-23(33-19)40-22-13-38-25-21(36)12-39-26(22,25)32/h2,4,6-11,21-22,25,33,36H,3,5,12-13,32H2,1H3/t21-,22-,25-,26-,41?/m1/s1. The molecule has 3 aromatic rings. The van der Waals surface area contributed by atoms with Gasteiger partial charge in [0.2, 0.25) is 0 Å². The van der Waals surface area contributed by atoms with E-state index in [0.29, 0.717) is 35.3 Å². The molecule has 2 aromatic heterocycles.